The molecule has 0 saturated heterocycles. The maximum absolute atomic E-state index is 9.49. The molecule has 0 saturated carbocycles. The average molecular weight is 325 g/mol. The van der Waals surface area contributed by atoms with E-state index in [0.717, 1.165) is 29.2 Å². The number of anilines is 1. The quantitative estimate of drug-likeness (QED) is 0.819. The third-order valence-electron chi connectivity index (χ3n) is 3.93. The van der Waals surface area contributed by atoms with Crippen molar-refractivity contribution < 1.29 is 0 Å². The van der Waals surface area contributed by atoms with Gasteiger partial charge < -0.3 is 5.32 Å². The van der Waals surface area contributed by atoms with Gasteiger partial charge in [-0.15, -0.1) is 0 Å². The summed E-state index contributed by atoms with van der Waals surface area (Å²) in [5, 5.41) is 13.1. The highest BCUT2D eigenvalue weighted by molar-refractivity contribution is 6.32. The van der Waals surface area contributed by atoms with Crippen LogP contribution in [0.2, 0.25) is 5.15 Å². The summed E-state index contributed by atoms with van der Waals surface area (Å²) in [6.07, 6.45) is 2.08. The second kappa shape index (κ2) is 6.02. The first kappa shape index (κ1) is 15.5. The second-order valence-corrected chi connectivity index (χ2v) is 6.25. The molecule has 0 aliphatic carbocycles. The molecule has 0 spiro atoms. The number of hydrogen-bond acceptors (Lipinski definition) is 4. The van der Waals surface area contributed by atoms with Gasteiger partial charge in [0.15, 0.2) is 0 Å². The Balaban J connectivity index is 2.19. The molecular formula is C18H17ClN4. The summed E-state index contributed by atoms with van der Waals surface area (Å²) in [5.74, 6) is 0.294. The van der Waals surface area contributed by atoms with Crippen molar-refractivity contribution in [2.45, 2.75) is 26.7 Å². The van der Waals surface area contributed by atoms with Crippen LogP contribution in [0.15, 0.2) is 24.3 Å². The van der Waals surface area contributed by atoms with E-state index in [1.165, 1.54) is 0 Å². The Kier molecular flexibility index (Phi) is 4.06. The van der Waals surface area contributed by atoms with E-state index < -0.39 is 0 Å². The molecule has 0 fully saturated rings. The van der Waals surface area contributed by atoms with Crippen molar-refractivity contribution >= 4 is 22.9 Å². The SMILES string of the molecule is CC1=CCNc2cc(C#N)c(-c3ccc(C(C)C)nc3Cl)nc21. The number of halogens is 1. The minimum atomic E-state index is 0.294. The Bertz CT molecular complexity index is 847. The molecule has 5 heteroatoms. The molecule has 1 aliphatic heterocycles. The van der Waals surface area contributed by atoms with E-state index in [-0.39, 0.29) is 0 Å². The number of nitriles is 1. The summed E-state index contributed by atoms with van der Waals surface area (Å²) in [5.41, 5.74) is 5.51. The van der Waals surface area contributed by atoms with Gasteiger partial charge in [-0.05, 0) is 36.6 Å². The Labute approximate surface area is 140 Å². The number of pyridine rings is 2. The summed E-state index contributed by atoms with van der Waals surface area (Å²) < 4.78 is 0. The fourth-order valence-electron chi connectivity index (χ4n) is 2.60. The number of hydrogen-bond donors (Lipinski definition) is 1. The first-order valence-corrected chi connectivity index (χ1v) is 7.92. The highest BCUT2D eigenvalue weighted by atomic mass is 35.5. The molecule has 1 N–H and O–H groups in total. The van der Waals surface area contributed by atoms with Gasteiger partial charge in [-0.3, -0.25) is 0 Å². The van der Waals surface area contributed by atoms with E-state index in [1.807, 2.05) is 25.1 Å². The van der Waals surface area contributed by atoms with E-state index >= 15 is 0 Å². The van der Waals surface area contributed by atoms with Crippen molar-refractivity contribution in [2.75, 3.05) is 11.9 Å². The van der Waals surface area contributed by atoms with Gasteiger partial charge in [0, 0.05) is 17.8 Å². The molecule has 1 aliphatic rings. The zero-order chi connectivity index (χ0) is 16.6. The Morgan fingerprint density at radius 3 is 2.70 bits per heavy atom. The summed E-state index contributed by atoms with van der Waals surface area (Å²) >= 11 is 6.37. The van der Waals surface area contributed by atoms with Crippen molar-refractivity contribution in [2.24, 2.45) is 0 Å². The second-order valence-electron chi connectivity index (χ2n) is 5.89. The lowest BCUT2D eigenvalue weighted by molar-refractivity contribution is 0.823. The van der Waals surface area contributed by atoms with Crippen molar-refractivity contribution in [3.63, 3.8) is 0 Å². The highest BCUT2D eigenvalue weighted by Crippen LogP contribution is 2.34. The van der Waals surface area contributed by atoms with Crippen LogP contribution in [-0.2, 0) is 0 Å². The van der Waals surface area contributed by atoms with Crippen LogP contribution in [-0.4, -0.2) is 16.5 Å². The van der Waals surface area contributed by atoms with Crippen LogP contribution < -0.4 is 5.32 Å². The van der Waals surface area contributed by atoms with E-state index in [2.05, 4.69) is 36.3 Å². The summed E-state index contributed by atoms with van der Waals surface area (Å²) in [7, 11) is 0. The number of nitrogens with one attached hydrogen (secondary N) is 1. The number of fused-ring (bicyclic) bond motifs is 1. The van der Waals surface area contributed by atoms with Crippen LogP contribution in [0.5, 0.6) is 0 Å². The molecule has 2 aromatic heterocycles. The highest BCUT2D eigenvalue weighted by Gasteiger charge is 2.19. The van der Waals surface area contributed by atoms with Crippen LogP contribution >= 0.6 is 11.6 Å². The minimum absolute atomic E-state index is 0.294. The predicted molar refractivity (Wildman–Crippen MR) is 93.4 cm³/mol. The standard InChI is InChI=1S/C18H17ClN4/c1-10(2)14-5-4-13(18(19)22-14)17-12(9-20)8-15-16(23-17)11(3)6-7-21-15/h4-6,8,10,21H,7H2,1-3H3. The molecule has 0 bridgehead atoms. The number of nitrogens with zero attached hydrogens (tertiary/aromatic N) is 3. The average Bonchev–Trinajstić information content (AvgIpc) is 2.54. The third kappa shape index (κ3) is 2.80. The lowest BCUT2D eigenvalue weighted by atomic mass is 10.0. The van der Waals surface area contributed by atoms with Crippen LogP contribution in [0, 0.1) is 11.3 Å². The van der Waals surface area contributed by atoms with Gasteiger partial charge in [0.05, 0.1) is 22.6 Å². The van der Waals surface area contributed by atoms with Crippen LogP contribution in [0.1, 0.15) is 43.6 Å². The van der Waals surface area contributed by atoms with Crippen molar-refractivity contribution in [3.05, 3.63) is 46.4 Å². The predicted octanol–water partition coefficient (Wildman–Crippen LogP) is 4.62. The summed E-state index contributed by atoms with van der Waals surface area (Å²) in [4.78, 5) is 9.13. The van der Waals surface area contributed by atoms with Crippen molar-refractivity contribution in [3.8, 4) is 17.3 Å². The zero-order valence-corrected chi connectivity index (χ0v) is 14.1. The van der Waals surface area contributed by atoms with Gasteiger partial charge in [-0.1, -0.05) is 31.5 Å². The van der Waals surface area contributed by atoms with Gasteiger partial charge >= 0.3 is 0 Å². The number of aromatic nitrogens is 2. The van der Waals surface area contributed by atoms with Gasteiger partial charge in [0.1, 0.15) is 11.2 Å². The number of rotatable bonds is 2. The van der Waals surface area contributed by atoms with Crippen molar-refractivity contribution in [1.29, 1.82) is 5.26 Å². The Morgan fingerprint density at radius 2 is 2.04 bits per heavy atom. The maximum atomic E-state index is 9.49. The van der Waals surface area contributed by atoms with Gasteiger partial charge in [0.25, 0.3) is 0 Å². The first-order valence-electron chi connectivity index (χ1n) is 7.54. The molecule has 3 heterocycles. The molecule has 0 aromatic carbocycles. The monoisotopic (exact) mass is 324 g/mol. The topological polar surface area (TPSA) is 61.6 Å². The summed E-state index contributed by atoms with van der Waals surface area (Å²) in [6, 6.07) is 7.89. The largest absolute Gasteiger partial charge is 0.380 e. The molecule has 0 amide bonds. The molecule has 2 aromatic rings. The van der Waals surface area contributed by atoms with Crippen LogP contribution in [0.4, 0.5) is 5.69 Å². The number of allylic oxidation sites excluding steroid dienone is 1. The van der Waals surface area contributed by atoms with E-state index in [4.69, 9.17) is 16.6 Å². The minimum Gasteiger partial charge on any atom is -0.380 e. The van der Waals surface area contributed by atoms with Gasteiger partial charge in [0.2, 0.25) is 0 Å². The van der Waals surface area contributed by atoms with Gasteiger partial charge in [-0.25, -0.2) is 9.97 Å². The lowest BCUT2D eigenvalue weighted by Gasteiger charge is -2.18. The first-order chi connectivity index (χ1) is 11.0. The van der Waals surface area contributed by atoms with Crippen LogP contribution in [0.3, 0.4) is 0 Å². The fraction of sp³-hybridized carbons (Fsp3) is 0.278. The smallest absolute Gasteiger partial charge is 0.138 e. The Morgan fingerprint density at radius 1 is 1.26 bits per heavy atom. The summed E-state index contributed by atoms with van der Waals surface area (Å²) in [6.45, 7) is 6.90. The molecule has 0 unspecified atom stereocenters. The van der Waals surface area contributed by atoms with E-state index in [1.54, 1.807) is 0 Å². The van der Waals surface area contributed by atoms with Crippen LogP contribution in [0.25, 0.3) is 16.8 Å². The lowest BCUT2D eigenvalue weighted by Crippen LogP contribution is -2.10. The molecule has 3 rings (SSSR count). The fourth-order valence-corrected chi connectivity index (χ4v) is 2.85. The molecule has 0 radical (unpaired) electrons. The van der Waals surface area contributed by atoms with Gasteiger partial charge in [-0.2, -0.15) is 5.26 Å². The zero-order valence-electron chi connectivity index (χ0n) is 13.3. The van der Waals surface area contributed by atoms with E-state index in [9.17, 15) is 5.26 Å². The molecular weight excluding hydrogens is 308 g/mol. The Hall–Kier alpha value is -2.38. The molecule has 23 heavy (non-hydrogen) atoms. The molecule has 4 nitrogen and oxygen atoms in total. The molecule has 0 atom stereocenters. The molecule has 116 valence electrons. The third-order valence-corrected chi connectivity index (χ3v) is 4.22. The van der Waals surface area contributed by atoms with E-state index in [0.29, 0.717) is 27.9 Å². The normalized spacial score (nSPS) is 13.1. The maximum Gasteiger partial charge on any atom is 0.138 e. The van der Waals surface area contributed by atoms with Crippen molar-refractivity contribution in [1.82, 2.24) is 9.97 Å².